The molecule has 0 spiro atoms. The second-order valence-electron chi connectivity index (χ2n) is 9.17. The van der Waals surface area contributed by atoms with Crippen LogP contribution in [0.15, 0.2) is 22.7 Å². The largest absolute Gasteiger partial charge is 0.431 e. The van der Waals surface area contributed by atoms with E-state index in [1.165, 1.54) is 24.0 Å². The molecular formula is C24H23ClF4N4O2. The number of carbonyl (C=O) groups is 1. The van der Waals surface area contributed by atoms with Gasteiger partial charge in [-0.25, -0.2) is 4.39 Å². The second-order valence-corrected chi connectivity index (χ2v) is 9.60. The normalized spacial score (nSPS) is 17.3. The Kier molecular flexibility index (Phi) is 5.89. The van der Waals surface area contributed by atoms with Gasteiger partial charge < -0.3 is 14.0 Å². The molecule has 0 radical (unpaired) electrons. The number of alkyl halides is 3. The molecular weight excluding hydrogens is 488 g/mol. The predicted octanol–water partition coefficient (Wildman–Crippen LogP) is 6.32. The number of hydrogen-bond donors (Lipinski definition) is 0. The zero-order chi connectivity index (χ0) is 25.1. The molecule has 2 fully saturated rings. The number of halogens is 5. The Morgan fingerprint density at radius 1 is 1.14 bits per heavy atom. The van der Waals surface area contributed by atoms with E-state index in [4.69, 9.17) is 16.1 Å². The molecule has 35 heavy (non-hydrogen) atoms. The highest BCUT2D eigenvalue weighted by Gasteiger charge is 2.46. The summed E-state index contributed by atoms with van der Waals surface area (Å²) in [5.74, 6) is -0.335. The van der Waals surface area contributed by atoms with Crippen LogP contribution in [0.25, 0.3) is 11.1 Å². The number of rotatable bonds is 4. The van der Waals surface area contributed by atoms with Crippen molar-refractivity contribution in [1.29, 1.82) is 0 Å². The van der Waals surface area contributed by atoms with E-state index in [2.05, 4.69) is 10.1 Å². The molecule has 0 unspecified atom stereocenters. The molecule has 1 amide bonds. The highest BCUT2D eigenvalue weighted by atomic mass is 35.5. The molecule has 1 aliphatic carbocycles. The zero-order valence-electron chi connectivity index (χ0n) is 19.1. The molecule has 6 nitrogen and oxygen atoms in total. The van der Waals surface area contributed by atoms with Crippen LogP contribution >= 0.6 is 11.6 Å². The van der Waals surface area contributed by atoms with Crippen molar-refractivity contribution in [2.24, 2.45) is 0 Å². The number of aryl methyl sites for hydroxylation is 1. The van der Waals surface area contributed by atoms with E-state index in [1.54, 1.807) is 6.92 Å². The monoisotopic (exact) mass is 510 g/mol. The van der Waals surface area contributed by atoms with E-state index in [0.717, 1.165) is 10.6 Å². The first kappa shape index (κ1) is 23.8. The standard InChI is InChI=1S/C24H23ClF4N4O2/c1-12-19(17-6-3-15(25)11-18(17)26)20(33(16-4-5-16)21(12)24(27,28)29)23(34)32-9-7-14(8-10-32)22-30-13(2)31-35-22/h3,6,11,14,16H,4-5,7-10H2,1-2H3. The van der Waals surface area contributed by atoms with E-state index in [1.807, 2.05) is 0 Å². The average molecular weight is 511 g/mol. The maximum atomic E-state index is 15.0. The van der Waals surface area contributed by atoms with Gasteiger partial charge in [0.15, 0.2) is 5.82 Å². The van der Waals surface area contributed by atoms with E-state index < -0.39 is 29.6 Å². The average Bonchev–Trinajstić information content (AvgIpc) is 3.47. The van der Waals surface area contributed by atoms with Crippen LogP contribution in [0.4, 0.5) is 17.6 Å². The van der Waals surface area contributed by atoms with Gasteiger partial charge in [0.2, 0.25) is 5.89 Å². The van der Waals surface area contributed by atoms with Crippen molar-refractivity contribution in [1.82, 2.24) is 19.6 Å². The van der Waals surface area contributed by atoms with Crippen LogP contribution in [-0.2, 0) is 6.18 Å². The van der Waals surface area contributed by atoms with Crippen LogP contribution in [0.2, 0.25) is 5.02 Å². The first-order chi connectivity index (χ1) is 16.6. The smallest absolute Gasteiger partial charge is 0.339 e. The number of amides is 1. The molecule has 5 rings (SSSR count). The van der Waals surface area contributed by atoms with Gasteiger partial charge in [-0.3, -0.25) is 4.79 Å². The second kappa shape index (κ2) is 8.65. The van der Waals surface area contributed by atoms with Gasteiger partial charge in [0, 0.05) is 41.2 Å². The Morgan fingerprint density at radius 2 is 1.83 bits per heavy atom. The summed E-state index contributed by atoms with van der Waals surface area (Å²) in [5, 5.41) is 3.92. The lowest BCUT2D eigenvalue weighted by Crippen LogP contribution is -2.39. The van der Waals surface area contributed by atoms with Crippen LogP contribution in [-0.4, -0.2) is 38.6 Å². The number of piperidine rings is 1. The van der Waals surface area contributed by atoms with Gasteiger partial charge in [-0.2, -0.15) is 18.2 Å². The van der Waals surface area contributed by atoms with Gasteiger partial charge in [0.25, 0.3) is 5.91 Å². The topological polar surface area (TPSA) is 64.2 Å². The fourth-order valence-corrected chi connectivity index (χ4v) is 5.10. The predicted molar refractivity (Wildman–Crippen MR) is 120 cm³/mol. The summed E-state index contributed by atoms with van der Waals surface area (Å²) in [6, 6.07) is 3.34. The lowest BCUT2D eigenvalue weighted by Gasteiger charge is -2.31. The molecule has 0 N–H and O–H groups in total. The van der Waals surface area contributed by atoms with Crippen LogP contribution in [0.5, 0.6) is 0 Å². The number of benzene rings is 1. The van der Waals surface area contributed by atoms with Gasteiger partial charge in [-0.1, -0.05) is 16.8 Å². The molecule has 0 bridgehead atoms. The van der Waals surface area contributed by atoms with Gasteiger partial charge in [0.05, 0.1) is 0 Å². The molecule has 1 saturated carbocycles. The lowest BCUT2D eigenvalue weighted by atomic mass is 9.95. The zero-order valence-corrected chi connectivity index (χ0v) is 19.9. The van der Waals surface area contributed by atoms with Crippen LogP contribution < -0.4 is 0 Å². The van der Waals surface area contributed by atoms with Crippen molar-refractivity contribution < 1.29 is 26.9 Å². The lowest BCUT2D eigenvalue weighted by molar-refractivity contribution is -0.144. The van der Waals surface area contributed by atoms with Crippen molar-refractivity contribution in [3.05, 3.63) is 57.7 Å². The summed E-state index contributed by atoms with van der Waals surface area (Å²) in [5.41, 5.74) is -1.28. The maximum Gasteiger partial charge on any atom is 0.431 e. The van der Waals surface area contributed by atoms with Crippen LogP contribution in [0, 0.1) is 19.7 Å². The summed E-state index contributed by atoms with van der Waals surface area (Å²) < 4.78 is 64.0. The highest BCUT2D eigenvalue weighted by molar-refractivity contribution is 6.30. The molecule has 2 aromatic heterocycles. The van der Waals surface area contributed by atoms with Gasteiger partial charge >= 0.3 is 6.18 Å². The third kappa shape index (κ3) is 4.32. The molecule has 1 aliphatic heterocycles. The number of aromatic nitrogens is 3. The number of carbonyl (C=O) groups excluding carboxylic acids is 1. The van der Waals surface area contributed by atoms with Crippen LogP contribution in [0.1, 0.15) is 71.1 Å². The van der Waals surface area contributed by atoms with E-state index in [-0.39, 0.29) is 33.3 Å². The Morgan fingerprint density at radius 3 is 2.37 bits per heavy atom. The third-order valence-corrected chi connectivity index (χ3v) is 6.94. The molecule has 3 aromatic rings. The van der Waals surface area contributed by atoms with E-state index >= 15 is 0 Å². The Hall–Kier alpha value is -2.88. The number of likely N-dealkylation sites (tertiary alicyclic amines) is 1. The van der Waals surface area contributed by atoms with Crippen molar-refractivity contribution in [2.45, 2.75) is 57.7 Å². The fourth-order valence-electron chi connectivity index (χ4n) is 4.95. The molecule has 2 aliphatic rings. The van der Waals surface area contributed by atoms with Crippen molar-refractivity contribution in [2.75, 3.05) is 13.1 Å². The first-order valence-corrected chi connectivity index (χ1v) is 11.8. The van der Waals surface area contributed by atoms with Crippen molar-refractivity contribution >= 4 is 17.5 Å². The Balaban J connectivity index is 1.58. The Labute approximate surface area is 203 Å². The summed E-state index contributed by atoms with van der Waals surface area (Å²) >= 11 is 5.89. The van der Waals surface area contributed by atoms with Crippen molar-refractivity contribution in [3.8, 4) is 11.1 Å². The molecule has 11 heteroatoms. The highest BCUT2D eigenvalue weighted by Crippen LogP contribution is 2.48. The molecule has 1 aromatic carbocycles. The summed E-state index contributed by atoms with van der Waals surface area (Å²) in [6.07, 6.45) is -2.58. The molecule has 0 atom stereocenters. The van der Waals surface area contributed by atoms with E-state index in [9.17, 15) is 22.4 Å². The first-order valence-electron chi connectivity index (χ1n) is 11.4. The summed E-state index contributed by atoms with van der Waals surface area (Å²) in [4.78, 5) is 19.6. The minimum absolute atomic E-state index is 0.0296. The summed E-state index contributed by atoms with van der Waals surface area (Å²) in [6.45, 7) is 3.63. The molecule has 3 heterocycles. The maximum absolute atomic E-state index is 15.0. The van der Waals surface area contributed by atoms with Gasteiger partial charge in [-0.15, -0.1) is 0 Å². The van der Waals surface area contributed by atoms with E-state index in [0.29, 0.717) is 50.5 Å². The van der Waals surface area contributed by atoms with Gasteiger partial charge in [0.1, 0.15) is 17.2 Å². The van der Waals surface area contributed by atoms with Crippen molar-refractivity contribution in [3.63, 3.8) is 0 Å². The van der Waals surface area contributed by atoms with Crippen LogP contribution in [0.3, 0.4) is 0 Å². The molecule has 1 saturated heterocycles. The quantitative estimate of drug-likeness (QED) is 0.385. The van der Waals surface area contributed by atoms with Gasteiger partial charge in [-0.05, 0) is 63.3 Å². The third-order valence-electron chi connectivity index (χ3n) is 6.71. The summed E-state index contributed by atoms with van der Waals surface area (Å²) in [7, 11) is 0. The SMILES string of the molecule is Cc1noc(C2CCN(C(=O)c3c(-c4ccc(Cl)cc4F)c(C)c(C(F)(F)F)n3C3CC3)CC2)n1. The minimum atomic E-state index is -4.70. The number of nitrogens with zero attached hydrogens (tertiary/aromatic N) is 4. The number of hydrogen-bond acceptors (Lipinski definition) is 4. The fraction of sp³-hybridized carbons (Fsp3) is 0.458. The molecule has 186 valence electrons. The Bertz CT molecular complexity index is 1290. The minimum Gasteiger partial charge on any atom is -0.339 e.